The molecule has 1 aromatic heterocycles. The minimum Gasteiger partial charge on any atom is -0.310 e. The molecule has 154 valence electrons. The number of nitriles is 1. The van der Waals surface area contributed by atoms with E-state index >= 15 is 0 Å². The van der Waals surface area contributed by atoms with Crippen LogP contribution < -0.4 is 5.56 Å². The summed E-state index contributed by atoms with van der Waals surface area (Å²) in [7, 11) is -3.64. The smallest absolute Gasteiger partial charge is 0.250 e. The summed E-state index contributed by atoms with van der Waals surface area (Å²) in [5.74, 6) is 0. The predicted molar refractivity (Wildman–Crippen MR) is 117 cm³/mol. The second-order valence-corrected chi connectivity index (χ2v) is 8.71. The fourth-order valence-corrected chi connectivity index (χ4v) is 4.80. The highest BCUT2D eigenvalue weighted by Crippen LogP contribution is 2.23. The SMILES string of the molecule is CCN(CC)S(=O)(=O)c1ccc(=O)n(Cc2ccc(-c3ccccc3C#N)cc2)c1. The number of hydrogen-bond acceptors (Lipinski definition) is 4. The average molecular weight is 422 g/mol. The van der Waals surface area contributed by atoms with Gasteiger partial charge in [-0.3, -0.25) is 4.79 Å². The maximum atomic E-state index is 12.8. The van der Waals surface area contributed by atoms with Gasteiger partial charge < -0.3 is 4.57 Å². The fraction of sp³-hybridized carbons (Fsp3) is 0.217. The van der Waals surface area contributed by atoms with Crippen LogP contribution in [0.15, 0.2) is 76.6 Å². The number of rotatable bonds is 7. The van der Waals surface area contributed by atoms with Gasteiger partial charge in [0.2, 0.25) is 10.0 Å². The van der Waals surface area contributed by atoms with Crippen LogP contribution in [0.4, 0.5) is 0 Å². The van der Waals surface area contributed by atoms with Crippen molar-refractivity contribution >= 4 is 10.0 Å². The quantitative estimate of drug-likeness (QED) is 0.585. The van der Waals surface area contributed by atoms with E-state index in [1.54, 1.807) is 19.9 Å². The molecule has 6 nitrogen and oxygen atoms in total. The third-order valence-corrected chi connectivity index (χ3v) is 7.00. The molecule has 0 unspecified atom stereocenters. The van der Waals surface area contributed by atoms with Gasteiger partial charge in [0.25, 0.3) is 5.56 Å². The van der Waals surface area contributed by atoms with Gasteiger partial charge in [-0.1, -0.05) is 56.3 Å². The van der Waals surface area contributed by atoms with Crippen LogP contribution in [0.25, 0.3) is 11.1 Å². The molecule has 0 aliphatic heterocycles. The Labute approximate surface area is 176 Å². The number of sulfonamides is 1. The number of nitrogens with zero attached hydrogens (tertiary/aromatic N) is 3. The van der Waals surface area contributed by atoms with Gasteiger partial charge in [0.1, 0.15) is 0 Å². The molecule has 0 radical (unpaired) electrons. The lowest BCUT2D eigenvalue weighted by Gasteiger charge is -2.19. The zero-order chi connectivity index (χ0) is 21.7. The first-order valence-electron chi connectivity index (χ1n) is 9.69. The summed E-state index contributed by atoms with van der Waals surface area (Å²) in [4.78, 5) is 12.4. The standard InChI is InChI=1S/C23H23N3O3S/c1-3-26(4-2)30(28,29)21-13-14-23(27)25(17-21)16-18-9-11-19(12-10-18)22-8-6-5-7-20(22)15-24/h5-14,17H,3-4,16H2,1-2H3. The van der Waals surface area contributed by atoms with Crippen LogP contribution in [0.5, 0.6) is 0 Å². The van der Waals surface area contributed by atoms with Crippen LogP contribution >= 0.6 is 0 Å². The summed E-state index contributed by atoms with van der Waals surface area (Å²) in [5, 5.41) is 9.29. The highest BCUT2D eigenvalue weighted by Gasteiger charge is 2.22. The summed E-state index contributed by atoms with van der Waals surface area (Å²) >= 11 is 0. The molecule has 0 saturated heterocycles. The zero-order valence-electron chi connectivity index (χ0n) is 16.9. The van der Waals surface area contributed by atoms with Crippen molar-refractivity contribution in [3.8, 4) is 17.2 Å². The fourth-order valence-electron chi connectivity index (χ4n) is 3.32. The Morgan fingerprint density at radius 3 is 2.27 bits per heavy atom. The molecule has 3 rings (SSSR count). The van der Waals surface area contributed by atoms with Gasteiger partial charge in [-0.2, -0.15) is 9.57 Å². The molecule has 0 spiro atoms. The maximum Gasteiger partial charge on any atom is 0.250 e. The molecule has 0 N–H and O–H groups in total. The Balaban J connectivity index is 1.90. The predicted octanol–water partition coefficient (Wildman–Crippen LogP) is 3.47. The van der Waals surface area contributed by atoms with Gasteiger partial charge in [0.05, 0.1) is 23.1 Å². The highest BCUT2D eigenvalue weighted by atomic mass is 32.2. The minimum absolute atomic E-state index is 0.102. The van der Waals surface area contributed by atoms with E-state index < -0.39 is 10.0 Å². The van der Waals surface area contributed by atoms with E-state index in [4.69, 9.17) is 0 Å². The number of pyridine rings is 1. The monoisotopic (exact) mass is 421 g/mol. The molecule has 0 amide bonds. The molecule has 0 bridgehead atoms. The van der Waals surface area contributed by atoms with E-state index in [1.807, 2.05) is 42.5 Å². The second kappa shape index (κ2) is 9.08. The van der Waals surface area contributed by atoms with Crippen LogP contribution in [-0.4, -0.2) is 30.4 Å². The number of aromatic nitrogens is 1. The van der Waals surface area contributed by atoms with Crippen LogP contribution in [0, 0.1) is 11.3 Å². The lowest BCUT2D eigenvalue weighted by atomic mass is 9.99. The third kappa shape index (κ3) is 4.35. The zero-order valence-corrected chi connectivity index (χ0v) is 17.8. The summed E-state index contributed by atoms with van der Waals surface area (Å²) in [5.41, 5.74) is 2.92. The van der Waals surface area contributed by atoms with Gasteiger partial charge >= 0.3 is 0 Å². The largest absolute Gasteiger partial charge is 0.310 e. The van der Waals surface area contributed by atoms with E-state index in [0.29, 0.717) is 18.7 Å². The van der Waals surface area contributed by atoms with E-state index in [9.17, 15) is 18.5 Å². The van der Waals surface area contributed by atoms with Gasteiger partial charge in [0, 0.05) is 25.4 Å². The third-order valence-electron chi connectivity index (χ3n) is 4.96. The van der Waals surface area contributed by atoms with E-state index in [0.717, 1.165) is 16.7 Å². The first-order valence-corrected chi connectivity index (χ1v) is 11.1. The molecule has 2 aromatic carbocycles. The normalized spacial score (nSPS) is 11.4. The van der Waals surface area contributed by atoms with Crippen molar-refractivity contribution in [3.05, 3.63) is 88.3 Å². The Kier molecular flexibility index (Phi) is 6.50. The summed E-state index contributed by atoms with van der Waals surface area (Å²) in [6.45, 7) is 4.54. The molecule has 3 aromatic rings. The Hall–Kier alpha value is -3.21. The summed E-state index contributed by atoms with van der Waals surface area (Å²) in [6.07, 6.45) is 1.40. The summed E-state index contributed by atoms with van der Waals surface area (Å²) in [6, 6.07) is 19.7. The van der Waals surface area contributed by atoms with Crippen LogP contribution in [0.3, 0.4) is 0 Å². The van der Waals surface area contributed by atoms with Crippen molar-refractivity contribution in [2.75, 3.05) is 13.1 Å². The molecule has 1 heterocycles. The molecule has 0 atom stereocenters. The molecular weight excluding hydrogens is 398 g/mol. The number of hydrogen-bond donors (Lipinski definition) is 0. The molecule has 0 aliphatic rings. The summed E-state index contributed by atoms with van der Waals surface area (Å²) < 4.78 is 28.3. The van der Waals surface area contributed by atoms with Crippen molar-refractivity contribution in [2.45, 2.75) is 25.3 Å². The van der Waals surface area contributed by atoms with Gasteiger partial charge in [0.15, 0.2) is 0 Å². The van der Waals surface area contributed by atoms with Gasteiger partial charge in [-0.05, 0) is 28.8 Å². The van der Waals surface area contributed by atoms with Crippen molar-refractivity contribution in [1.29, 1.82) is 5.26 Å². The van der Waals surface area contributed by atoms with Crippen LogP contribution in [-0.2, 0) is 16.6 Å². The van der Waals surface area contributed by atoms with Crippen molar-refractivity contribution in [1.82, 2.24) is 8.87 Å². The molecular formula is C23H23N3O3S. The molecule has 7 heteroatoms. The molecule has 30 heavy (non-hydrogen) atoms. The Morgan fingerprint density at radius 1 is 0.967 bits per heavy atom. The van der Waals surface area contributed by atoms with Crippen molar-refractivity contribution < 1.29 is 8.42 Å². The average Bonchev–Trinajstić information content (AvgIpc) is 2.76. The van der Waals surface area contributed by atoms with Gasteiger partial charge in [-0.25, -0.2) is 8.42 Å². The van der Waals surface area contributed by atoms with Crippen molar-refractivity contribution in [2.24, 2.45) is 0 Å². The Morgan fingerprint density at radius 2 is 1.63 bits per heavy atom. The second-order valence-electron chi connectivity index (χ2n) is 6.77. The van der Waals surface area contributed by atoms with Crippen LogP contribution in [0.2, 0.25) is 0 Å². The first kappa shape index (κ1) is 21.5. The first-order chi connectivity index (χ1) is 14.4. The number of benzene rings is 2. The van der Waals surface area contributed by atoms with E-state index in [2.05, 4.69) is 6.07 Å². The molecule has 0 aliphatic carbocycles. The molecule has 0 fully saturated rings. The maximum absolute atomic E-state index is 12.8. The Bertz CT molecular complexity index is 1240. The van der Waals surface area contributed by atoms with Crippen LogP contribution in [0.1, 0.15) is 25.0 Å². The van der Waals surface area contributed by atoms with E-state index in [-0.39, 0.29) is 17.0 Å². The lowest BCUT2D eigenvalue weighted by Crippen LogP contribution is -2.32. The topological polar surface area (TPSA) is 83.2 Å². The lowest BCUT2D eigenvalue weighted by molar-refractivity contribution is 0.444. The van der Waals surface area contributed by atoms with Crippen molar-refractivity contribution in [3.63, 3.8) is 0 Å². The van der Waals surface area contributed by atoms with E-state index in [1.165, 1.54) is 27.2 Å². The highest BCUT2D eigenvalue weighted by molar-refractivity contribution is 7.89. The van der Waals surface area contributed by atoms with Gasteiger partial charge in [-0.15, -0.1) is 0 Å². The molecule has 0 saturated carbocycles. The minimum atomic E-state index is -3.64.